The van der Waals surface area contributed by atoms with Crippen LogP contribution in [0.1, 0.15) is 67.2 Å². The molecule has 1 unspecified atom stereocenters. The van der Waals surface area contributed by atoms with E-state index in [1.165, 1.54) is 6.92 Å². The lowest BCUT2D eigenvalue weighted by molar-refractivity contribution is -0.146. The number of fused-ring (bicyclic) bond motifs is 3. The van der Waals surface area contributed by atoms with Crippen molar-refractivity contribution in [2.75, 3.05) is 0 Å². The number of allylic oxidation sites excluding steroid dienone is 2. The van der Waals surface area contributed by atoms with E-state index in [1.54, 1.807) is 6.07 Å². The highest BCUT2D eigenvalue weighted by Gasteiger charge is 2.31. The monoisotopic (exact) mass is 374 g/mol. The molecule has 1 aromatic carbocycles. The summed E-state index contributed by atoms with van der Waals surface area (Å²) >= 11 is 0. The summed E-state index contributed by atoms with van der Waals surface area (Å²) in [5.41, 5.74) is 6.12. The smallest absolute Gasteiger partial charge is 0.304 e. The van der Waals surface area contributed by atoms with E-state index in [1.807, 2.05) is 30.5 Å². The predicted molar refractivity (Wildman–Crippen MR) is 105 cm³/mol. The zero-order valence-electron chi connectivity index (χ0n) is 16.3. The molecule has 0 saturated heterocycles. The summed E-state index contributed by atoms with van der Waals surface area (Å²) < 4.78 is 7.57. The number of hydrogen-bond donors (Lipinski definition) is 0. The van der Waals surface area contributed by atoms with Gasteiger partial charge in [-0.1, -0.05) is 6.08 Å². The number of imidazole rings is 1. The summed E-state index contributed by atoms with van der Waals surface area (Å²) in [6, 6.07) is 7.83. The molecule has 6 nitrogen and oxygen atoms in total. The average Bonchev–Trinajstić information content (AvgIpc) is 2.92. The molecule has 28 heavy (non-hydrogen) atoms. The highest BCUT2D eigenvalue weighted by atomic mass is 16.6. The van der Waals surface area contributed by atoms with Gasteiger partial charge in [0.2, 0.25) is 0 Å². The third-order valence-electron chi connectivity index (χ3n) is 5.33. The molecule has 0 spiro atoms. The molecular weight excluding hydrogens is 352 g/mol. The molecule has 4 rings (SSSR count). The van der Waals surface area contributed by atoms with Gasteiger partial charge in [-0.2, -0.15) is 5.26 Å². The lowest BCUT2D eigenvalue weighted by atomic mass is 9.91. The molecule has 0 fully saturated rings. The second-order valence-corrected chi connectivity index (χ2v) is 7.23. The summed E-state index contributed by atoms with van der Waals surface area (Å²) in [5.74, 6) is 0.182. The third kappa shape index (κ3) is 3.03. The molecule has 1 aliphatic carbocycles. The molecule has 1 atom stereocenters. The van der Waals surface area contributed by atoms with Gasteiger partial charge in [0, 0.05) is 18.2 Å². The van der Waals surface area contributed by atoms with E-state index in [4.69, 9.17) is 9.73 Å². The van der Waals surface area contributed by atoms with Gasteiger partial charge in [0.15, 0.2) is 5.82 Å². The maximum Gasteiger partial charge on any atom is 0.304 e. The van der Waals surface area contributed by atoms with Crippen molar-refractivity contribution in [1.29, 1.82) is 5.26 Å². The zero-order chi connectivity index (χ0) is 19.8. The molecule has 142 valence electrons. The topological polar surface area (TPSA) is 80.3 Å². The number of esters is 1. The first-order valence-electron chi connectivity index (χ1n) is 9.54. The van der Waals surface area contributed by atoms with Gasteiger partial charge in [0.1, 0.15) is 0 Å². The van der Waals surface area contributed by atoms with E-state index in [0.717, 1.165) is 59.6 Å². The number of carbonyl (C=O) groups is 1. The summed E-state index contributed by atoms with van der Waals surface area (Å²) in [4.78, 5) is 21.3. The largest absolute Gasteiger partial charge is 0.432 e. The number of benzene rings is 1. The number of ether oxygens (including phenoxy) is 1. The Morgan fingerprint density at radius 3 is 2.82 bits per heavy atom. The van der Waals surface area contributed by atoms with Crippen molar-refractivity contribution < 1.29 is 9.53 Å². The van der Waals surface area contributed by atoms with Gasteiger partial charge in [-0.3, -0.25) is 9.36 Å². The van der Waals surface area contributed by atoms with Gasteiger partial charge in [-0.05, 0) is 63.3 Å². The summed E-state index contributed by atoms with van der Waals surface area (Å²) in [6.45, 7) is 5.30. The summed E-state index contributed by atoms with van der Waals surface area (Å²) in [7, 11) is 0. The van der Waals surface area contributed by atoms with Crippen molar-refractivity contribution >= 4 is 11.7 Å². The van der Waals surface area contributed by atoms with Crippen LogP contribution in [0.25, 0.3) is 5.69 Å². The van der Waals surface area contributed by atoms with Crippen molar-refractivity contribution in [3.8, 4) is 11.8 Å². The predicted octanol–water partition coefficient (Wildman–Crippen LogP) is 4.23. The highest BCUT2D eigenvalue weighted by molar-refractivity contribution is 6.15. The fraction of sp³-hybridized carbons (Fsp3) is 0.364. The lowest BCUT2D eigenvalue weighted by Crippen LogP contribution is -2.13. The van der Waals surface area contributed by atoms with Gasteiger partial charge in [0.25, 0.3) is 6.23 Å². The van der Waals surface area contributed by atoms with Gasteiger partial charge >= 0.3 is 5.97 Å². The minimum atomic E-state index is -0.819. The van der Waals surface area contributed by atoms with Crippen LogP contribution in [0.4, 0.5) is 0 Å². The first kappa shape index (κ1) is 18.2. The van der Waals surface area contributed by atoms with Crippen LogP contribution in [0.3, 0.4) is 0 Å². The number of aryl methyl sites for hydroxylation is 1. The number of rotatable bonds is 2. The number of carbonyl (C=O) groups excluding carboxylic acids is 1. The van der Waals surface area contributed by atoms with Gasteiger partial charge in [0.05, 0.1) is 28.7 Å². The molecule has 0 radical (unpaired) electrons. The van der Waals surface area contributed by atoms with Crippen molar-refractivity contribution in [3.05, 3.63) is 58.2 Å². The summed E-state index contributed by atoms with van der Waals surface area (Å²) in [5, 5.41) is 9.44. The fourth-order valence-electron chi connectivity index (χ4n) is 3.89. The van der Waals surface area contributed by atoms with E-state index in [9.17, 15) is 10.1 Å². The SMILES string of the molecule is CC(=O)OC1N=C(C2=CCCCC2)c2cc(C#N)ccc2-n2c1nc(C)c2C. The van der Waals surface area contributed by atoms with Crippen LogP contribution >= 0.6 is 0 Å². The normalized spacial score (nSPS) is 18.1. The van der Waals surface area contributed by atoms with Gasteiger partial charge < -0.3 is 4.74 Å². The average molecular weight is 374 g/mol. The molecule has 2 aromatic rings. The number of nitrogens with zero attached hydrogens (tertiary/aromatic N) is 4. The Kier molecular flexibility index (Phi) is 4.60. The minimum absolute atomic E-state index is 0.403. The Labute approximate surface area is 164 Å². The summed E-state index contributed by atoms with van der Waals surface area (Å²) in [6.07, 6.45) is 5.57. The third-order valence-corrected chi connectivity index (χ3v) is 5.33. The minimum Gasteiger partial charge on any atom is -0.432 e. The molecule has 0 bridgehead atoms. The quantitative estimate of drug-likeness (QED) is 0.737. The molecule has 1 aliphatic heterocycles. The number of nitriles is 1. The molecule has 0 saturated carbocycles. The Morgan fingerprint density at radius 1 is 1.32 bits per heavy atom. The molecule has 0 N–H and O–H groups in total. The van der Waals surface area contributed by atoms with Gasteiger partial charge in [-0.15, -0.1) is 0 Å². The second kappa shape index (κ2) is 7.08. The van der Waals surface area contributed by atoms with Crippen LogP contribution in [0.2, 0.25) is 0 Å². The van der Waals surface area contributed by atoms with Crippen molar-refractivity contribution in [2.45, 2.75) is 52.7 Å². The standard InChI is InChI=1S/C22H22N4O2/c1-13-14(2)26-19-10-9-16(12-23)11-18(19)20(17-7-5-4-6-8-17)25-22(21(26)24-13)28-15(3)27/h7,9-11,22H,4-6,8H2,1-3H3. The first-order chi connectivity index (χ1) is 13.5. The van der Waals surface area contributed by atoms with Crippen LogP contribution in [-0.2, 0) is 9.53 Å². The van der Waals surface area contributed by atoms with Crippen LogP contribution < -0.4 is 0 Å². The molecule has 1 aromatic heterocycles. The lowest BCUT2D eigenvalue weighted by Gasteiger charge is -2.18. The van der Waals surface area contributed by atoms with Crippen LogP contribution in [-0.4, -0.2) is 21.2 Å². The molecule has 2 heterocycles. The van der Waals surface area contributed by atoms with Crippen LogP contribution in [0, 0.1) is 25.2 Å². The zero-order valence-corrected chi connectivity index (χ0v) is 16.3. The number of aromatic nitrogens is 2. The fourth-order valence-corrected chi connectivity index (χ4v) is 3.89. The Bertz CT molecular complexity index is 1070. The van der Waals surface area contributed by atoms with E-state index >= 15 is 0 Å². The van der Waals surface area contributed by atoms with E-state index < -0.39 is 12.2 Å². The maximum absolute atomic E-state index is 11.8. The Morgan fingerprint density at radius 2 is 2.14 bits per heavy atom. The Balaban J connectivity index is 2.03. The molecule has 0 amide bonds. The van der Waals surface area contributed by atoms with E-state index in [0.29, 0.717) is 11.4 Å². The van der Waals surface area contributed by atoms with Crippen molar-refractivity contribution in [3.63, 3.8) is 0 Å². The van der Waals surface area contributed by atoms with Gasteiger partial charge in [-0.25, -0.2) is 9.98 Å². The van der Waals surface area contributed by atoms with Crippen molar-refractivity contribution in [2.24, 2.45) is 4.99 Å². The highest BCUT2D eigenvalue weighted by Crippen LogP contribution is 2.35. The van der Waals surface area contributed by atoms with E-state index in [-0.39, 0.29) is 0 Å². The van der Waals surface area contributed by atoms with Crippen molar-refractivity contribution in [1.82, 2.24) is 9.55 Å². The number of aliphatic imine (C=N–C) groups is 1. The maximum atomic E-state index is 11.8. The second-order valence-electron chi connectivity index (χ2n) is 7.23. The Hall–Kier alpha value is -3.20. The first-order valence-corrected chi connectivity index (χ1v) is 9.54. The number of hydrogen-bond acceptors (Lipinski definition) is 5. The molecule has 6 heteroatoms. The molecular formula is C22H22N4O2. The van der Waals surface area contributed by atoms with E-state index in [2.05, 4.69) is 17.1 Å². The van der Waals surface area contributed by atoms with Crippen LogP contribution in [0.5, 0.6) is 0 Å². The van der Waals surface area contributed by atoms with Crippen LogP contribution in [0.15, 0.2) is 34.8 Å². The molecule has 2 aliphatic rings.